The average molecular weight is 467 g/mol. The average Bonchev–Trinajstić information content (AvgIpc) is 3.37. The molecule has 0 fully saturated rings. The fraction of sp³-hybridized carbons (Fsp3) is 0.394. The number of hydrazine groups is 1. The Hall–Kier alpha value is -3.00. The van der Waals surface area contributed by atoms with Crippen molar-refractivity contribution in [3.05, 3.63) is 108 Å². The number of rotatable bonds is 14. The zero-order chi connectivity index (χ0) is 24.1. The van der Waals surface area contributed by atoms with Gasteiger partial charge in [0.05, 0.1) is 17.4 Å². The van der Waals surface area contributed by atoms with E-state index in [9.17, 15) is 0 Å². The molecule has 1 heterocycles. The van der Waals surface area contributed by atoms with E-state index < -0.39 is 0 Å². The maximum Gasteiger partial charge on any atom is 0.0958 e. The van der Waals surface area contributed by atoms with E-state index in [1.165, 1.54) is 93.0 Å². The molecule has 0 saturated heterocycles. The van der Waals surface area contributed by atoms with Gasteiger partial charge in [-0.1, -0.05) is 138 Å². The molecule has 1 aliphatic heterocycles. The van der Waals surface area contributed by atoms with Crippen molar-refractivity contribution in [2.45, 2.75) is 83.6 Å². The first-order valence-electron chi connectivity index (χ1n) is 13.8. The van der Waals surface area contributed by atoms with Gasteiger partial charge >= 0.3 is 0 Å². The van der Waals surface area contributed by atoms with Crippen LogP contribution in [-0.2, 0) is 6.42 Å². The molecule has 4 rings (SSSR count). The Morgan fingerprint density at radius 2 is 1.20 bits per heavy atom. The summed E-state index contributed by atoms with van der Waals surface area (Å²) in [5.41, 5.74) is 9.99. The standard InChI is InChI=1S/C33H42N2/c1-2-3-4-5-6-7-8-9-10-13-18-28-23-25-31(26-24-28)35-33(30-21-16-12-17-22-30)27-32(34-35)29-19-14-11-15-20-29/h11-12,14-17,19-27,33-34H,2-10,13,18H2,1H3. The van der Waals surface area contributed by atoms with Crippen molar-refractivity contribution in [1.82, 2.24) is 5.43 Å². The summed E-state index contributed by atoms with van der Waals surface area (Å²) in [4.78, 5) is 0. The van der Waals surface area contributed by atoms with Crippen LogP contribution in [0.15, 0.2) is 91.0 Å². The first-order valence-corrected chi connectivity index (χ1v) is 13.8. The van der Waals surface area contributed by atoms with Gasteiger partial charge in [-0.05, 0) is 47.7 Å². The van der Waals surface area contributed by atoms with Crippen molar-refractivity contribution in [2.75, 3.05) is 5.01 Å². The van der Waals surface area contributed by atoms with E-state index in [1.54, 1.807) is 0 Å². The predicted molar refractivity (Wildman–Crippen MR) is 151 cm³/mol. The van der Waals surface area contributed by atoms with Crippen LogP contribution in [-0.4, -0.2) is 0 Å². The molecule has 2 heteroatoms. The summed E-state index contributed by atoms with van der Waals surface area (Å²) in [5, 5.41) is 2.29. The molecular formula is C33H42N2. The number of unbranched alkanes of at least 4 members (excludes halogenated alkanes) is 9. The van der Waals surface area contributed by atoms with Gasteiger partial charge in [-0.25, -0.2) is 0 Å². The zero-order valence-electron chi connectivity index (χ0n) is 21.5. The summed E-state index contributed by atoms with van der Waals surface area (Å²) < 4.78 is 0. The lowest BCUT2D eigenvalue weighted by Gasteiger charge is -2.28. The fourth-order valence-electron chi connectivity index (χ4n) is 5.01. The summed E-state index contributed by atoms with van der Waals surface area (Å²) >= 11 is 0. The maximum absolute atomic E-state index is 3.67. The monoisotopic (exact) mass is 466 g/mol. The number of aryl methyl sites for hydroxylation is 1. The number of hydrogen-bond donors (Lipinski definition) is 1. The van der Waals surface area contributed by atoms with E-state index in [0.717, 1.165) is 5.70 Å². The zero-order valence-corrected chi connectivity index (χ0v) is 21.5. The van der Waals surface area contributed by atoms with Crippen molar-refractivity contribution < 1.29 is 0 Å². The smallest absolute Gasteiger partial charge is 0.0958 e. The van der Waals surface area contributed by atoms with Crippen LogP contribution in [0.5, 0.6) is 0 Å². The summed E-state index contributed by atoms with van der Waals surface area (Å²) in [5.74, 6) is 0. The van der Waals surface area contributed by atoms with E-state index in [4.69, 9.17) is 0 Å². The van der Waals surface area contributed by atoms with Gasteiger partial charge in [-0.2, -0.15) is 0 Å². The number of anilines is 1. The van der Waals surface area contributed by atoms with Gasteiger partial charge < -0.3 is 0 Å². The molecule has 2 nitrogen and oxygen atoms in total. The van der Waals surface area contributed by atoms with Crippen molar-refractivity contribution >= 4 is 11.4 Å². The maximum atomic E-state index is 3.67. The van der Waals surface area contributed by atoms with Crippen molar-refractivity contribution in [3.63, 3.8) is 0 Å². The molecule has 1 aliphatic rings. The molecule has 1 atom stereocenters. The molecule has 3 aromatic rings. The molecule has 0 radical (unpaired) electrons. The molecule has 35 heavy (non-hydrogen) atoms. The van der Waals surface area contributed by atoms with Gasteiger partial charge in [0.25, 0.3) is 0 Å². The number of nitrogens with zero attached hydrogens (tertiary/aromatic N) is 1. The minimum atomic E-state index is 0.166. The predicted octanol–water partition coefficient (Wildman–Crippen LogP) is 9.26. The highest BCUT2D eigenvalue weighted by Crippen LogP contribution is 2.35. The van der Waals surface area contributed by atoms with Crippen LogP contribution in [0.25, 0.3) is 5.70 Å². The molecule has 0 aromatic heterocycles. The molecule has 0 bridgehead atoms. The Morgan fingerprint density at radius 1 is 0.629 bits per heavy atom. The van der Waals surface area contributed by atoms with Crippen LogP contribution >= 0.6 is 0 Å². The summed E-state index contributed by atoms with van der Waals surface area (Å²) in [7, 11) is 0. The van der Waals surface area contributed by atoms with Crippen LogP contribution in [0.3, 0.4) is 0 Å². The third-order valence-electron chi connectivity index (χ3n) is 7.10. The number of benzene rings is 3. The third kappa shape index (κ3) is 7.49. The minimum absolute atomic E-state index is 0.166. The van der Waals surface area contributed by atoms with Gasteiger partial charge in [0, 0.05) is 0 Å². The van der Waals surface area contributed by atoms with Crippen molar-refractivity contribution in [2.24, 2.45) is 0 Å². The van der Waals surface area contributed by atoms with Crippen LogP contribution < -0.4 is 10.4 Å². The molecular weight excluding hydrogens is 424 g/mol. The van der Waals surface area contributed by atoms with E-state index in [1.807, 2.05) is 0 Å². The number of nitrogens with one attached hydrogen (secondary N) is 1. The second kappa shape index (κ2) is 13.8. The van der Waals surface area contributed by atoms with Crippen LogP contribution in [0.4, 0.5) is 5.69 Å². The highest BCUT2D eigenvalue weighted by Gasteiger charge is 2.26. The molecule has 0 amide bonds. The Morgan fingerprint density at radius 3 is 1.83 bits per heavy atom. The second-order valence-electron chi connectivity index (χ2n) is 9.88. The van der Waals surface area contributed by atoms with Crippen molar-refractivity contribution in [1.29, 1.82) is 0 Å². The Bertz CT molecular complexity index is 1010. The first-order chi connectivity index (χ1) is 17.3. The quantitative estimate of drug-likeness (QED) is 0.238. The summed E-state index contributed by atoms with van der Waals surface area (Å²) in [6.07, 6.45) is 17.4. The van der Waals surface area contributed by atoms with Crippen molar-refractivity contribution in [3.8, 4) is 0 Å². The van der Waals surface area contributed by atoms with E-state index >= 15 is 0 Å². The van der Waals surface area contributed by atoms with E-state index in [-0.39, 0.29) is 6.04 Å². The lowest BCUT2D eigenvalue weighted by Crippen LogP contribution is -2.33. The largest absolute Gasteiger partial charge is 0.297 e. The summed E-state index contributed by atoms with van der Waals surface area (Å²) in [6, 6.07) is 30.7. The van der Waals surface area contributed by atoms with Crippen LogP contribution in [0.1, 0.15) is 93.9 Å². The second-order valence-corrected chi connectivity index (χ2v) is 9.88. The highest BCUT2D eigenvalue weighted by atomic mass is 15.5. The normalized spacial score (nSPS) is 15.2. The Labute approximate surface area is 213 Å². The molecule has 1 N–H and O–H groups in total. The third-order valence-corrected chi connectivity index (χ3v) is 7.10. The molecule has 0 spiro atoms. The minimum Gasteiger partial charge on any atom is -0.297 e. The van der Waals surface area contributed by atoms with Crippen LogP contribution in [0.2, 0.25) is 0 Å². The van der Waals surface area contributed by atoms with Gasteiger partial charge in [0.15, 0.2) is 0 Å². The topological polar surface area (TPSA) is 15.3 Å². The number of hydrogen-bond acceptors (Lipinski definition) is 2. The summed E-state index contributed by atoms with van der Waals surface area (Å²) in [6.45, 7) is 2.29. The Balaban J connectivity index is 1.29. The van der Waals surface area contributed by atoms with Crippen LogP contribution in [0, 0.1) is 0 Å². The van der Waals surface area contributed by atoms with Gasteiger partial charge in [-0.3, -0.25) is 10.4 Å². The van der Waals surface area contributed by atoms with Gasteiger partial charge in [0.2, 0.25) is 0 Å². The SMILES string of the molecule is CCCCCCCCCCCCc1ccc(N2NC(c3ccccc3)=CC2c2ccccc2)cc1. The lowest BCUT2D eigenvalue weighted by atomic mass is 10.0. The van der Waals surface area contributed by atoms with Gasteiger partial charge in [-0.15, -0.1) is 0 Å². The molecule has 0 saturated carbocycles. The molecule has 1 unspecified atom stereocenters. The van der Waals surface area contributed by atoms with E-state index in [2.05, 4.69) is 108 Å². The fourth-order valence-corrected chi connectivity index (χ4v) is 5.01. The molecule has 3 aromatic carbocycles. The molecule has 184 valence electrons. The Kier molecular flexibility index (Phi) is 9.88. The van der Waals surface area contributed by atoms with Gasteiger partial charge in [0.1, 0.15) is 0 Å². The van der Waals surface area contributed by atoms with E-state index in [0.29, 0.717) is 0 Å². The molecule has 0 aliphatic carbocycles. The highest BCUT2D eigenvalue weighted by molar-refractivity contribution is 5.72. The lowest BCUT2D eigenvalue weighted by molar-refractivity contribution is 0.556. The first kappa shape index (κ1) is 25.1.